The lowest BCUT2D eigenvalue weighted by atomic mass is 10.1. The first-order valence-corrected chi connectivity index (χ1v) is 5.64. The first-order chi connectivity index (χ1) is 6.74. The van der Waals surface area contributed by atoms with E-state index in [1.54, 1.807) is 0 Å². The Bertz CT molecular complexity index is 506. The van der Waals surface area contributed by atoms with Crippen LogP contribution in [0.4, 0.5) is 0 Å². The molecule has 0 heterocycles. The monoisotopic (exact) mass is 312 g/mol. The molecule has 0 radical (unpaired) electrons. The SMILES string of the molecule is O=Cc1ccc2cccc(Br)c2c1Br. The van der Waals surface area contributed by atoms with Crippen LogP contribution in [0.5, 0.6) is 0 Å². The maximum Gasteiger partial charge on any atom is 0.151 e. The van der Waals surface area contributed by atoms with Gasteiger partial charge in [-0.2, -0.15) is 0 Å². The quantitative estimate of drug-likeness (QED) is 0.722. The second-order valence-electron chi connectivity index (χ2n) is 2.92. The minimum absolute atomic E-state index is 0.671. The summed E-state index contributed by atoms with van der Waals surface area (Å²) in [4.78, 5) is 10.7. The predicted octanol–water partition coefficient (Wildman–Crippen LogP) is 4.18. The van der Waals surface area contributed by atoms with Gasteiger partial charge < -0.3 is 0 Å². The van der Waals surface area contributed by atoms with Crippen molar-refractivity contribution < 1.29 is 4.79 Å². The fourth-order valence-electron chi connectivity index (χ4n) is 1.40. The number of benzene rings is 2. The van der Waals surface area contributed by atoms with Gasteiger partial charge in [0, 0.05) is 19.9 Å². The van der Waals surface area contributed by atoms with Gasteiger partial charge in [-0.25, -0.2) is 0 Å². The molecule has 0 saturated heterocycles. The number of hydrogen-bond donors (Lipinski definition) is 0. The molecule has 0 N–H and O–H groups in total. The van der Waals surface area contributed by atoms with Gasteiger partial charge in [-0.05, 0) is 33.4 Å². The zero-order chi connectivity index (χ0) is 10.1. The van der Waals surface area contributed by atoms with Gasteiger partial charge in [-0.15, -0.1) is 0 Å². The molecule has 0 bridgehead atoms. The van der Waals surface area contributed by atoms with Crippen molar-refractivity contribution >= 4 is 48.9 Å². The van der Waals surface area contributed by atoms with Crippen LogP contribution in [-0.4, -0.2) is 6.29 Å². The largest absolute Gasteiger partial charge is 0.298 e. The minimum atomic E-state index is 0.671. The molecule has 0 aliphatic heterocycles. The molecule has 0 aromatic heterocycles. The second-order valence-corrected chi connectivity index (χ2v) is 4.57. The summed E-state index contributed by atoms with van der Waals surface area (Å²) in [5, 5.41) is 2.15. The average Bonchev–Trinajstić information content (AvgIpc) is 2.18. The zero-order valence-electron chi connectivity index (χ0n) is 7.13. The van der Waals surface area contributed by atoms with Crippen LogP contribution in [0, 0.1) is 0 Å². The number of hydrogen-bond acceptors (Lipinski definition) is 1. The van der Waals surface area contributed by atoms with E-state index in [0.717, 1.165) is 26.0 Å². The maximum atomic E-state index is 10.7. The minimum Gasteiger partial charge on any atom is -0.298 e. The van der Waals surface area contributed by atoms with Crippen molar-refractivity contribution in [1.29, 1.82) is 0 Å². The standard InChI is InChI=1S/C11H6Br2O/c12-9-3-1-2-7-4-5-8(6-14)11(13)10(7)9/h1-6H. The number of fused-ring (bicyclic) bond motifs is 1. The highest BCUT2D eigenvalue weighted by molar-refractivity contribution is 9.11. The number of halogens is 2. The molecule has 1 nitrogen and oxygen atoms in total. The smallest absolute Gasteiger partial charge is 0.151 e. The lowest BCUT2D eigenvalue weighted by Gasteiger charge is -2.04. The van der Waals surface area contributed by atoms with E-state index in [1.807, 2.05) is 30.3 Å². The van der Waals surface area contributed by atoms with Crippen LogP contribution in [-0.2, 0) is 0 Å². The van der Waals surface area contributed by atoms with E-state index in [9.17, 15) is 4.79 Å². The van der Waals surface area contributed by atoms with Gasteiger partial charge in [-0.3, -0.25) is 4.79 Å². The Morgan fingerprint density at radius 2 is 1.86 bits per heavy atom. The van der Waals surface area contributed by atoms with Crippen molar-refractivity contribution in [3.8, 4) is 0 Å². The molecule has 70 valence electrons. The Morgan fingerprint density at radius 3 is 2.57 bits per heavy atom. The van der Waals surface area contributed by atoms with Crippen molar-refractivity contribution in [3.05, 3.63) is 44.8 Å². The molecule has 2 rings (SSSR count). The molecule has 0 atom stereocenters. The third-order valence-corrected chi connectivity index (χ3v) is 3.60. The summed E-state index contributed by atoms with van der Waals surface area (Å²) in [6.07, 6.45) is 0.850. The molecule has 0 aliphatic carbocycles. The fourth-order valence-corrected chi connectivity index (χ4v) is 2.91. The molecular formula is C11H6Br2O. The lowest BCUT2D eigenvalue weighted by molar-refractivity contribution is 0.112. The molecule has 3 heteroatoms. The second kappa shape index (κ2) is 3.83. The molecular weight excluding hydrogens is 308 g/mol. The summed E-state index contributed by atoms with van der Waals surface area (Å²) in [5.74, 6) is 0. The van der Waals surface area contributed by atoms with E-state index < -0.39 is 0 Å². The topological polar surface area (TPSA) is 17.1 Å². The molecule has 2 aromatic rings. The van der Waals surface area contributed by atoms with Crippen LogP contribution in [0.1, 0.15) is 10.4 Å². The van der Waals surface area contributed by atoms with Crippen molar-refractivity contribution in [1.82, 2.24) is 0 Å². The molecule has 2 aromatic carbocycles. The summed E-state index contributed by atoms with van der Waals surface area (Å²) in [5.41, 5.74) is 0.671. The van der Waals surface area contributed by atoms with Crippen LogP contribution in [0.3, 0.4) is 0 Å². The van der Waals surface area contributed by atoms with Crippen LogP contribution in [0.2, 0.25) is 0 Å². The summed E-state index contributed by atoms with van der Waals surface area (Å²) < 4.78 is 1.84. The van der Waals surface area contributed by atoms with Crippen molar-refractivity contribution in [2.75, 3.05) is 0 Å². The molecule has 0 saturated carbocycles. The van der Waals surface area contributed by atoms with E-state index in [4.69, 9.17) is 0 Å². The van der Waals surface area contributed by atoms with E-state index in [-0.39, 0.29) is 0 Å². The molecule has 0 unspecified atom stereocenters. The summed E-state index contributed by atoms with van der Waals surface area (Å²) in [7, 11) is 0. The highest BCUT2D eigenvalue weighted by Crippen LogP contribution is 2.32. The van der Waals surface area contributed by atoms with Gasteiger partial charge >= 0.3 is 0 Å². The molecule has 0 aliphatic rings. The van der Waals surface area contributed by atoms with Gasteiger partial charge in [0.2, 0.25) is 0 Å². The third-order valence-electron chi connectivity index (χ3n) is 2.09. The van der Waals surface area contributed by atoms with E-state index >= 15 is 0 Å². The van der Waals surface area contributed by atoms with Crippen LogP contribution in [0.15, 0.2) is 39.3 Å². The number of carbonyl (C=O) groups excluding carboxylic acids is 1. The van der Waals surface area contributed by atoms with Gasteiger partial charge in [0.15, 0.2) is 6.29 Å². The summed E-state index contributed by atoms with van der Waals surface area (Å²) >= 11 is 6.90. The molecule has 0 amide bonds. The zero-order valence-corrected chi connectivity index (χ0v) is 10.3. The van der Waals surface area contributed by atoms with Gasteiger partial charge in [-0.1, -0.05) is 34.1 Å². The Hall–Kier alpha value is -0.670. The number of rotatable bonds is 1. The highest BCUT2D eigenvalue weighted by atomic mass is 79.9. The molecule has 14 heavy (non-hydrogen) atoms. The Balaban J connectivity index is 2.93. The summed E-state index contributed by atoms with van der Waals surface area (Å²) in [6.45, 7) is 0. The normalized spacial score (nSPS) is 10.4. The Labute approximate surface area is 98.4 Å². The van der Waals surface area contributed by atoms with Gasteiger partial charge in [0.05, 0.1) is 0 Å². The van der Waals surface area contributed by atoms with Crippen molar-refractivity contribution in [2.45, 2.75) is 0 Å². The predicted molar refractivity (Wildman–Crippen MR) is 64.7 cm³/mol. The number of carbonyl (C=O) groups is 1. The van der Waals surface area contributed by atoms with Crippen LogP contribution >= 0.6 is 31.9 Å². The van der Waals surface area contributed by atoms with Gasteiger partial charge in [0.25, 0.3) is 0 Å². The first-order valence-electron chi connectivity index (χ1n) is 4.06. The van der Waals surface area contributed by atoms with Crippen molar-refractivity contribution in [2.24, 2.45) is 0 Å². The van der Waals surface area contributed by atoms with Crippen molar-refractivity contribution in [3.63, 3.8) is 0 Å². The molecule has 0 fully saturated rings. The average molecular weight is 314 g/mol. The first kappa shape index (κ1) is 9.87. The summed E-state index contributed by atoms with van der Waals surface area (Å²) in [6, 6.07) is 9.70. The number of aldehydes is 1. The van der Waals surface area contributed by atoms with E-state index in [0.29, 0.717) is 5.56 Å². The Kier molecular flexibility index (Phi) is 2.70. The Morgan fingerprint density at radius 1 is 1.07 bits per heavy atom. The molecule has 0 spiro atoms. The lowest BCUT2D eigenvalue weighted by Crippen LogP contribution is -1.84. The maximum absolute atomic E-state index is 10.7. The van der Waals surface area contributed by atoms with Gasteiger partial charge in [0.1, 0.15) is 0 Å². The van der Waals surface area contributed by atoms with E-state index in [2.05, 4.69) is 31.9 Å². The third kappa shape index (κ3) is 1.51. The van der Waals surface area contributed by atoms with Crippen LogP contribution in [0.25, 0.3) is 10.8 Å². The highest BCUT2D eigenvalue weighted by Gasteiger charge is 2.06. The fraction of sp³-hybridized carbons (Fsp3) is 0. The van der Waals surface area contributed by atoms with E-state index in [1.165, 1.54) is 0 Å². The van der Waals surface area contributed by atoms with Crippen LogP contribution < -0.4 is 0 Å².